The molecule has 2 aromatic rings. The van der Waals surface area contributed by atoms with Gasteiger partial charge in [-0.15, -0.1) is 0 Å². The van der Waals surface area contributed by atoms with Gasteiger partial charge in [0.25, 0.3) is 0 Å². The molecule has 0 amide bonds. The number of anilines is 1. The van der Waals surface area contributed by atoms with Crippen LogP contribution >= 0.6 is 0 Å². The van der Waals surface area contributed by atoms with Crippen LogP contribution in [-0.4, -0.2) is 17.3 Å². The van der Waals surface area contributed by atoms with E-state index in [1.165, 1.54) is 0 Å². The molecule has 6 heteroatoms. The van der Waals surface area contributed by atoms with Crippen LogP contribution in [0.25, 0.3) is 0 Å². The Morgan fingerprint density at radius 1 is 1.18 bits per heavy atom. The lowest BCUT2D eigenvalue weighted by Gasteiger charge is -2.07. The number of hydrogen-bond acceptors (Lipinski definition) is 6. The molecule has 1 N–H and O–H groups in total. The first-order chi connectivity index (χ1) is 10.8. The number of nitrogens with zero attached hydrogens (tertiary/aromatic N) is 4. The van der Waals surface area contributed by atoms with Crippen molar-refractivity contribution in [2.75, 3.05) is 12.0 Å². The standard InChI is InChI=1S/C16H13N5O/c17-11-15(12-18)21-20-14-5-3-6-16(10-14)22-9-7-13-4-1-2-8-19-13/h1-6,8,10,20H,7,9H2. The second-order valence-corrected chi connectivity index (χ2v) is 4.24. The van der Waals surface area contributed by atoms with Crippen LogP contribution in [0.1, 0.15) is 5.69 Å². The van der Waals surface area contributed by atoms with Gasteiger partial charge in [0, 0.05) is 24.4 Å². The van der Waals surface area contributed by atoms with Crippen LogP contribution in [-0.2, 0) is 6.42 Å². The van der Waals surface area contributed by atoms with Crippen molar-refractivity contribution in [1.82, 2.24) is 4.98 Å². The van der Waals surface area contributed by atoms with Crippen LogP contribution < -0.4 is 10.2 Å². The monoisotopic (exact) mass is 291 g/mol. The van der Waals surface area contributed by atoms with Crippen LogP contribution in [0, 0.1) is 22.7 Å². The number of ether oxygens (including phenoxy) is 1. The Hall–Kier alpha value is -3.38. The maximum atomic E-state index is 8.61. The number of hydrazone groups is 1. The smallest absolute Gasteiger partial charge is 0.237 e. The Labute approximate surface area is 128 Å². The zero-order valence-corrected chi connectivity index (χ0v) is 11.7. The van der Waals surface area contributed by atoms with Gasteiger partial charge in [0.05, 0.1) is 12.3 Å². The number of nitriles is 2. The topological polar surface area (TPSA) is 94.1 Å². The Balaban J connectivity index is 1.90. The van der Waals surface area contributed by atoms with Gasteiger partial charge < -0.3 is 4.74 Å². The molecule has 0 radical (unpaired) electrons. The van der Waals surface area contributed by atoms with E-state index in [0.717, 1.165) is 5.69 Å². The van der Waals surface area contributed by atoms with Gasteiger partial charge in [0.1, 0.15) is 17.9 Å². The van der Waals surface area contributed by atoms with E-state index in [1.54, 1.807) is 36.5 Å². The van der Waals surface area contributed by atoms with E-state index in [0.29, 0.717) is 24.5 Å². The van der Waals surface area contributed by atoms with Crippen LogP contribution in [0.2, 0.25) is 0 Å². The Morgan fingerprint density at radius 2 is 2.05 bits per heavy atom. The number of rotatable bonds is 6. The summed E-state index contributed by atoms with van der Waals surface area (Å²) in [7, 11) is 0. The largest absolute Gasteiger partial charge is 0.493 e. The Morgan fingerprint density at radius 3 is 2.77 bits per heavy atom. The first-order valence-corrected chi connectivity index (χ1v) is 6.58. The SMILES string of the molecule is N#CC(C#N)=NNc1cccc(OCCc2ccccn2)c1. The van der Waals surface area contributed by atoms with E-state index >= 15 is 0 Å². The second-order valence-electron chi connectivity index (χ2n) is 4.24. The number of pyridine rings is 1. The molecule has 0 saturated heterocycles. The summed E-state index contributed by atoms with van der Waals surface area (Å²) >= 11 is 0. The van der Waals surface area contributed by atoms with Crippen LogP contribution in [0.15, 0.2) is 53.8 Å². The number of hydrogen-bond donors (Lipinski definition) is 1. The van der Waals surface area contributed by atoms with Crippen molar-refractivity contribution in [1.29, 1.82) is 10.5 Å². The zero-order valence-electron chi connectivity index (χ0n) is 11.7. The van der Waals surface area contributed by atoms with E-state index in [2.05, 4.69) is 15.5 Å². The van der Waals surface area contributed by atoms with Crippen molar-refractivity contribution >= 4 is 11.4 Å². The quantitative estimate of drug-likeness (QED) is 0.652. The molecule has 0 saturated carbocycles. The van der Waals surface area contributed by atoms with E-state index < -0.39 is 0 Å². The maximum absolute atomic E-state index is 8.61. The summed E-state index contributed by atoms with van der Waals surface area (Å²) < 4.78 is 5.65. The molecular weight excluding hydrogens is 278 g/mol. The van der Waals surface area contributed by atoms with Crippen LogP contribution in [0.5, 0.6) is 5.75 Å². The Bertz CT molecular complexity index is 712. The zero-order chi connectivity index (χ0) is 15.6. The highest BCUT2D eigenvalue weighted by Gasteiger charge is 1.99. The first-order valence-electron chi connectivity index (χ1n) is 6.58. The molecule has 1 heterocycles. The van der Waals surface area contributed by atoms with Gasteiger partial charge >= 0.3 is 0 Å². The van der Waals surface area contributed by atoms with Gasteiger partial charge in [0.15, 0.2) is 0 Å². The number of aromatic nitrogens is 1. The highest BCUT2D eigenvalue weighted by Crippen LogP contribution is 2.17. The minimum Gasteiger partial charge on any atom is -0.493 e. The minimum atomic E-state index is -0.235. The number of nitrogens with one attached hydrogen (secondary N) is 1. The number of benzene rings is 1. The molecule has 0 aliphatic rings. The third-order valence-electron chi connectivity index (χ3n) is 2.70. The molecule has 6 nitrogen and oxygen atoms in total. The van der Waals surface area contributed by atoms with Crippen LogP contribution in [0.3, 0.4) is 0 Å². The average Bonchev–Trinajstić information content (AvgIpc) is 2.57. The van der Waals surface area contributed by atoms with E-state index in [1.807, 2.05) is 24.3 Å². The lowest BCUT2D eigenvalue weighted by atomic mass is 10.3. The third kappa shape index (κ3) is 4.62. The molecule has 0 unspecified atom stereocenters. The normalized spacial score (nSPS) is 9.18. The summed E-state index contributed by atoms with van der Waals surface area (Å²) in [4.78, 5) is 4.22. The molecule has 0 aliphatic heterocycles. The summed E-state index contributed by atoms with van der Waals surface area (Å²) in [6, 6.07) is 16.2. The fourth-order valence-electron chi connectivity index (χ4n) is 1.67. The van der Waals surface area contributed by atoms with Gasteiger partial charge in [-0.3, -0.25) is 10.4 Å². The van der Waals surface area contributed by atoms with Gasteiger partial charge in [-0.1, -0.05) is 12.1 Å². The second kappa shape index (κ2) is 8.03. The highest BCUT2D eigenvalue weighted by atomic mass is 16.5. The minimum absolute atomic E-state index is 0.235. The molecule has 0 fully saturated rings. The molecule has 1 aromatic carbocycles. The van der Waals surface area contributed by atoms with Crippen molar-refractivity contribution in [2.24, 2.45) is 5.10 Å². The van der Waals surface area contributed by atoms with Gasteiger partial charge in [-0.2, -0.15) is 15.6 Å². The summed E-state index contributed by atoms with van der Waals surface area (Å²) in [5, 5.41) is 20.9. The van der Waals surface area contributed by atoms with Crippen molar-refractivity contribution < 1.29 is 4.74 Å². The predicted octanol–water partition coefficient (Wildman–Crippen LogP) is 2.52. The molecule has 0 bridgehead atoms. The van der Waals surface area contributed by atoms with E-state index in [9.17, 15) is 0 Å². The molecule has 0 atom stereocenters. The fourth-order valence-corrected chi connectivity index (χ4v) is 1.67. The fraction of sp³-hybridized carbons (Fsp3) is 0.125. The highest BCUT2D eigenvalue weighted by molar-refractivity contribution is 6.10. The molecule has 22 heavy (non-hydrogen) atoms. The molecular formula is C16H13N5O. The van der Waals surface area contributed by atoms with E-state index in [-0.39, 0.29) is 5.71 Å². The summed E-state index contributed by atoms with van der Waals surface area (Å²) in [6.07, 6.45) is 2.46. The molecule has 2 rings (SSSR count). The lowest BCUT2D eigenvalue weighted by molar-refractivity contribution is 0.320. The van der Waals surface area contributed by atoms with Crippen molar-refractivity contribution in [3.63, 3.8) is 0 Å². The first kappa shape index (κ1) is 15.0. The summed E-state index contributed by atoms with van der Waals surface area (Å²) in [6.45, 7) is 0.505. The van der Waals surface area contributed by atoms with Crippen molar-refractivity contribution in [3.05, 3.63) is 54.4 Å². The molecule has 1 aromatic heterocycles. The molecule has 108 valence electrons. The Kier molecular flexibility index (Phi) is 5.48. The predicted molar refractivity (Wildman–Crippen MR) is 82.2 cm³/mol. The van der Waals surface area contributed by atoms with Gasteiger partial charge in [0.2, 0.25) is 5.71 Å². The summed E-state index contributed by atoms with van der Waals surface area (Å²) in [5.74, 6) is 0.673. The molecule has 0 aliphatic carbocycles. The van der Waals surface area contributed by atoms with Gasteiger partial charge in [-0.25, -0.2) is 0 Å². The average molecular weight is 291 g/mol. The lowest BCUT2D eigenvalue weighted by Crippen LogP contribution is -2.03. The third-order valence-corrected chi connectivity index (χ3v) is 2.70. The van der Waals surface area contributed by atoms with Crippen LogP contribution in [0.4, 0.5) is 5.69 Å². The van der Waals surface area contributed by atoms with Crippen molar-refractivity contribution in [2.45, 2.75) is 6.42 Å². The summed E-state index contributed by atoms with van der Waals surface area (Å²) in [5.41, 5.74) is 4.02. The van der Waals surface area contributed by atoms with Crippen molar-refractivity contribution in [3.8, 4) is 17.9 Å². The van der Waals surface area contributed by atoms with Gasteiger partial charge in [-0.05, 0) is 24.3 Å². The van der Waals surface area contributed by atoms with E-state index in [4.69, 9.17) is 15.3 Å². The molecule has 0 spiro atoms. The maximum Gasteiger partial charge on any atom is 0.237 e.